The van der Waals surface area contributed by atoms with E-state index in [4.69, 9.17) is 9.97 Å². The summed E-state index contributed by atoms with van der Waals surface area (Å²) < 4.78 is 13.3. The molecule has 5 rings (SSSR count). The SMILES string of the molecule is Cc1nc([C@H]2CCCN2C2CCCC2)nc2c1CCC(=O)N2Cc1ccc(F)cc1. The lowest BCUT2D eigenvalue weighted by atomic mass is 10.0. The summed E-state index contributed by atoms with van der Waals surface area (Å²) in [6.45, 7) is 3.58. The van der Waals surface area contributed by atoms with E-state index in [1.165, 1.54) is 44.2 Å². The number of amides is 1. The molecule has 3 aliphatic rings. The summed E-state index contributed by atoms with van der Waals surface area (Å²) in [7, 11) is 0. The normalized spacial score (nSPS) is 22.7. The van der Waals surface area contributed by atoms with Crippen LogP contribution < -0.4 is 4.90 Å². The molecule has 6 heteroatoms. The summed E-state index contributed by atoms with van der Waals surface area (Å²) in [5, 5.41) is 0. The van der Waals surface area contributed by atoms with E-state index in [2.05, 4.69) is 4.90 Å². The molecule has 0 N–H and O–H groups in total. The van der Waals surface area contributed by atoms with Crippen molar-refractivity contribution in [3.05, 3.63) is 52.7 Å². The summed E-state index contributed by atoms with van der Waals surface area (Å²) in [5.41, 5.74) is 2.97. The third-order valence-corrected chi connectivity index (χ3v) is 6.99. The van der Waals surface area contributed by atoms with Crippen molar-refractivity contribution >= 4 is 11.7 Å². The van der Waals surface area contributed by atoms with E-state index < -0.39 is 0 Å². The standard InChI is InChI=1S/C24H29FN4O/c1-16-20-12-13-22(30)29(15-17-8-10-18(25)11-9-17)24(20)27-23(26-16)21-7-4-14-28(21)19-5-2-3-6-19/h8-11,19,21H,2-7,12-15H2,1H3/t21-/m1/s1. The van der Waals surface area contributed by atoms with Gasteiger partial charge in [0.15, 0.2) is 0 Å². The minimum atomic E-state index is -0.266. The van der Waals surface area contributed by atoms with Crippen LogP contribution in [0.3, 0.4) is 0 Å². The number of hydrogen-bond acceptors (Lipinski definition) is 4. The highest BCUT2D eigenvalue weighted by atomic mass is 19.1. The van der Waals surface area contributed by atoms with Crippen molar-refractivity contribution in [1.82, 2.24) is 14.9 Å². The maximum Gasteiger partial charge on any atom is 0.228 e. The molecule has 0 radical (unpaired) electrons. The van der Waals surface area contributed by atoms with Gasteiger partial charge in [0, 0.05) is 23.7 Å². The fourth-order valence-corrected chi connectivity index (χ4v) is 5.43. The minimum absolute atomic E-state index is 0.0787. The molecule has 1 atom stereocenters. The van der Waals surface area contributed by atoms with E-state index >= 15 is 0 Å². The number of anilines is 1. The van der Waals surface area contributed by atoms with E-state index in [9.17, 15) is 9.18 Å². The number of likely N-dealkylation sites (tertiary alicyclic amines) is 1. The zero-order valence-corrected chi connectivity index (χ0v) is 17.6. The highest BCUT2D eigenvalue weighted by molar-refractivity contribution is 5.95. The van der Waals surface area contributed by atoms with E-state index in [0.717, 1.165) is 41.4 Å². The zero-order valence-electron chi connectivity index (χ0n) is 17.6. The topological polar surface area (TPSA) is 49.3 Å². The van der Waals surface area contributed by atoms with Crippen LogP contribution in [0, 0.1) is 12.7 Å². The first kappa shape index (κ1) is 19.6. The highest BCUT2D eigenvalue weighted by Gasteiger charge is 2.36. The van der Waals surface area contributed by atoms with Crippen LogP contribution in [-0.4, -0.2) is 33.4 Å². The largest absolute Gasteiger partial charge is 0.292 e. The quantitative estimate of drug-likeness (QED) is 0.748. The number of hydrogen-bond donors (Lipinski definition) is 0. The van der Waals surface area contributed by atoms with Crippen LogP contribution in [0.15, 0.2) is 24.3 Å². The summed E-state index contributed by atoms with van der Waals surface area (Å²) in [4.78, 5) is 27.1. The summed E-state index contributed by atoms with van der Waals surface area (Å²) in [6.07, 6.45) is 8.60. The lowest BCUT2D eigenvalue weighted by molar-refractivity contribution is -0.119. The fourth-order valence-electron chi connectivity index (χ4n) is 5.43. The number of nitrogens with zero attached hydrogens (tertiary/aromatic N) is 4. The lowest BCUT2D eigenvalue weighted by Crippen LogP contribution is -2.37. The number of carbonyl (C=O) groups excluding carboxylic acids is 1. The number of aryl methyl sites for hydroxylation is 1. The maximum absolute atomic E-state index is 13.3. The predicted molar refractivity (Wildman–Crippen MR) is 114 cm³/mol. The van der Waals surface area contributed by atoms with Crippen LogP contribution in [0.4, 0.5) is 10.2 Å². The van der Waals surface area contributed by atoms with Crippen LogP contribution in [0.1, 0.15) is 73.6 Å². The van der Waals surface area contributed by atoms with Crippen molar-refractivity contribution in [3.8, 4) is 0 Å². The number of aromatic nitrogens is 2. The molecule has 1 aromatic carbocycles. The molecule has 2 aromatic rings. The first-order chi connectivity index (χ1) is 14.6. The van der Waals surface area contributed by atoms with Crippen molar-refractivity contribution in [2.75, 3.05) is 11.4 Å². The van der Waals surface area contributed by atoms with Gasteiger partial charge in [0.2, 0.25) is 5.91 Å². The average Bonchev–Trinajstić information content (AvgIpc) is 3.43. The highest BCUT2D eigenvalue weighted by Crippen LogP contribution is 2.39. The Labute approximate surface area is 177 Å². The molecule has 0 unspecified atom stereocenters. The molecule has 30 heavy (non-hydrogen) atoms. The Hall–Kier alpha value is -2.34. The van der Waals surface area contributed by atoms with Crippen molar-refractivity contribution in [1.29, 1.82) is 0 Å². The van der Waals surface area contributed by atoms with Crippen LogP contribution >= 0.6 is 0 Å². The second kappa shape index (κ2) is 8.06. The van der Waals surface area contributed by atoms with E-state index in [1.54, 1.807) is 17.0 Å². The van der Waals surface area contributed by atoms with Crippen LogP contribution in [0.2, 0.25) is 0 Å². The number of halogens is 1. The zero-order chi connectivity index (χ0) is 20.7. The Morgan fingerprint density at radius 3 is 2.57 bits per heavy atom. The molecule has 1 amide bonds. The monoisotopic (exact) mass is 408 g/mol. The van der Waals surface area contributed by atoms with Gasteiger partial charge in [-0.3, -0.25) is 14.6 Å². The Morgan fingerprint density at radius 2 is 1.80 bits per heavy atom. The molecular formula is C24H29FN4O. The van der Waals surface area contributed by atoms with Gasteiger partial charge in [0.25, 0.3) is 0 Å². The summed E-state index contributed by atoms with van der Waals surface area (Å²) in [6, 6.07) is 7.27. The van der Waals surface area contributed by atoms with Gasteiger partial charge >= 0.3 is 0 Å². The van der Waals surface area contributed by atoms with Gasteiger partial charge in [0.05, 0.1) is 12.6 Å². The van der Waals surface area contributed by atoms with Crippen LogP contribution in [0.25, 0.3) is 0 Å². The Bertz CT molecular complexity index is 939. The fraction of sp³-hybridized carbons (Fsp3) is 0.542. The maximum atomic E-state index is 13.3. The van der Waals surface area contributed by atoms with Crippen molar-refractivity contribution in [2.45, 2.75) is 76.9 Å². The summed E-state index contributed by atoms with van der Waals surface area (Å²) in [5.74, 6) is 1.44. The van der Waals surface area contributed by atoms with Gasteiger partial charge in [-0.1, -0.05) is 25.0 Å². The first-order valence-electron chi connectivity index (χ1n) is 11.3. The van der Waals surface area contributed by atoms with Gasteiger partial charge in [-0.15, -0.1) is 0 Å². The van der Waals surface area contributed by atoms with Crippen LogP contribution in [0.5, 0.6) is 0 Å². The second-order valence-electron chi connectivity index (χ2n) is 8.91. The molecule has 1 aliphatic carbocycles. The van der Waals surface area contributed by atoms with E-state index in [-0.39, 0.29) is 17.8 Å². The number of carbonyl (C=O) groups is 1. The first-order valence-corrected chi connectivity index (χ1v) is 11.3. The van der Waals surface area contributed by atoms with Crippen molar-refractivity contribution < 1.29 is 9.18 Å². The van der Waals surface area contributed by atoms with E-state index in [0.29, 0.717) is 25.4 Å². The summed E-state index contributed by atoms with van der Waals surface area (Å²) >= 11 is 0. The number of fused-ring (bicyclic) bond motifs is 1. The number of rotatable bonds is 4. The molecule has 2 aliphatic heterocycles. The smallest absolute Gasteiger partial charge is 0.228 e. The van der Waals surface area contributed by atoms with E-state index in [1.807, 2.05) is 6.92 Å². The lowest BCUT2D eigenvalue weighted by Gasteiger charge is -2.33. The van der Waals surface area contributed by atoms with Gasteiger partial charge in [-0.2, -0.15) is 0 Å². The third-order valence-electron chi connectivity index (χ3n) is 6.99. The molecule has 0 bridgehead atoms. The molecule has 3 heterocycles. The molecule has 5 nitrogen and oxygen atoms in total. The average molecular weight is 409 g/mol. The molecule has 1 saturated heterocycles. The van der Waals surface area contributed by atoms with Gasteiger partial charge in [0.1, 0.15) is 17.5 Å². The van der Waals surface area contributed by atoms with Crippen molar-refractivity contribution in [2.24, 2.45) is 0 Å². The molecule has 1 aromatic heterocycles. The Balaban J connectivity index is 1.48. The number of benzene rings is 1. The van der Waals surface area contributed by atoms with Gasteiger partial charge in [-0.25, -0.2) is 14.4 Å². The Kier molecular flexibility index (Phi) is 5.27. The van der Waals surface area contributed by atoms with Gasteiger partial charge in [-0.05, 0) is 63.3 Å². The van der Waals surface area contributed by atoms with Crippen molar-refractivity contribution in [3.63, 3.8) is 0 Å². The van der Waals surface area contributed by atoms with Gasteiger partial charge < -0.3 is 0 Å². The second-order valence-corrected chi connectivity index (χ2v) is 8.91. The van der Waals surface area contributed by atoms with Crippen LogP contribution in [-0.2, 0) is 17.8 Å². The minimum Gasteiger partial charge on any atom is -0.292 e. The molecular weight excluding hydrogens is 379 g/mol. The molecule has 0 spiro atoms. The molecule has 158 valence electrons. The Morgan fingerprint density at radius 1 is 1.03 bits per heavy atom. The molecule has 2 fully saturated rings. The third kappa shape index (κ3) is 3.62. The predicted octanol–water partition coefficient (Wildman–Crippen LogP) is 4.48. The molecule has 1 saturated carbocycles.